The zero-order valence-electron chi connectivity index (χ0n) is 12.9. The molecule has 0 aliphatic rings. The van der Waals surface area contributed by atoms with Crippen molar-refractivity contribution < 1.29 is 19.7 Å². The maximum absolute atomic E-state index is 11.8. The van der Waals surface area contributed by atoms with Crippen LogP contribution in [0.25, 0.3) is 0 Å². The molecular formula is C16H13Br3N2O4. The molecule has 0 saturated heterocycles. The number of aromatic hydroxyl groups is 2. The van der Waals surface area contributed by atoms with Crippen LogP contribution in [0.15, 0.2) is 42.8 Å². The number of halogens is 3. The molecule has 132 valence electrons. The van der Waals surface area contributed by atoms with E-state index in [1.54, 1.807) is 19.1 Å². The molecule has 0 fully saturated rings. The van der Waals surface area contributed by atoms with Crippen molar-refractivity contribution in [1.29, 1.82) is 0 Å². The summed E-state index contributed by atoms with van der Waals surface area (Å²) in [6.45, 7) is 1.46. The van der Waals surface area contributed by atoms with Gasteiger partial charge in [-0.3, -0.25) is 4.79 Å². The number of nitrogens with one attached hydrogen (secondary N) is 1. The van der Waals surface area contributed by atoms with Gasteiger partial charge in [0, 0.05) is 16.1 Å². The lowest BCUT2D eigenvalue weighted by molar-refractivity contribution is -0.123. The molecule has 0 spiro atoms. The Morgan fingerprint density at radius 1 is 1.20 bits per heavy atom. The van der Waals surface area contributed by atoms with Gasteiger partial charge in [-0.1, -0.05) is 15.9 Å². The fourth-order valence-electron chi connectivity index (χ4n) is 1.93. The predicted octanol–water partition coefficient (Wildman–Crippen LogP) is 4.22. The molecule has 2 aromatic carbocycles. The Kier molecular flexibility index (Phi) is 6.86. The standard InChI is InChI=1S/C16H13Br3N2O4/c1-8-2-10(22)5-14(23)11(8)6-20-21-15(24)7-25-16-12(18)3-9(17)4-13(16)19/h2-6,22-23H,7H2,1H3,(H,21,24). The average molecular weight is 537 g/mol. The van der Waals surface area contributed by atoms with Crippen molar-refractivity contribution in [2.45, 2.75) is 6.92 Å². The Morgan fingerprint density at radius 3 is 2.44 bits per heavy atom. The van der Waals surface area contributed by atoms with E-state index in [9.17, 15) is 15.0 Å². The van der Waals surface area contributed by atoms with Gasteiger partial charge in [0.1, 0.15) is 17.2 Å². The number of phenolic OH excluding ortho intramolecular Hbond substituents is 2. The van der Waals surface area contributed by atoms with Gasteiger partial charge in [-0.2, -0.15) is 5.10 Å². The van der Waals surface area contributed by atoms with E-state index < -0.39 is 5.91 Å². The van der Waals surface area contributed by atoms with Crippen molar-refractivity contribution in [3.63, 3.8) is 0 Å². The van der Waals surface area contributed by atoms with E-state index in [-0.39, 0.29) is 18.1 Å². The Hall–Kier alpha value is -1.58. The lowest BCUT2D eigenvalue weighted by atomic mass is 10.1. The third kappa shape index (κ3) is 5.45. The van der Waals surface area contributed by atoms with E-state index in [0.29, 0.717) is 25.8 Å². The smallest absolute Gasteiger partial charge is 0.277 e. The third-order valence-electron chi connectivity index (χ3n) is 3.04. The van der Waals surface area contributed by atoms with Crippen LogP contribution in [-0.2, 0) is 4.79 Å². The average Bonchev–Trinajstić information content (AvgIpc) is 2.48. The van der Waals surface area contributed by atoms with Crippen LogP contribution in [0.5, 0.6) is 17.2 Å². The predicted molar refractivity (Wildman–Crippen MR) is 105 cm³/mol. The minimum Gasteiger partial charge on any atom is -0.508 e. The monoisotopic (exact) mass is 534 g/mol. The second kappa shape index (κ2) is 8.68. The van der Waals surface area contributed by atoms with Crippen molar-refractivity contribution in [2.75, 3.05) is 6.61 Å². The highest BCUT2D eigenvalue weighted by atomic mass is 79.9. The number of amides is 1. The number of benzene rings is 2. The summed E-state index contributed by atoms with van der Waals surface area (Å²) in [6.07, 6.45) is 1.30. The van der Waals surface area contributed by atoms with Crippen LogP contribution >= 0.6 is 47.8 Å². The molecule has 1 amide bonds. The van der Waals surface area contributed by atoms with Crippen molar-refractivity contribution in [1.82, 2.24) is 5.43 Å². The minimum absolute atomic E-state index is 0.0461. The van der Waals surface area contributed by atoms with Gasteiger partial charge in [-0.15, -0.1) is 0 Å². The maximum Gasteiger partial charge on any atom is 0.277 e. The molecule has 9 heteroatoms. The Balaban J connectivity index is 1.96. The molecule has 0 atom stereocenters. The van der Waals surface area contributed by atoms with E-state index in [0.717, 1.165) is 4.47 Å². The van der Waals surface area contributed by atoms with Crippen LogP contribution in [0, 0.1) is 6.92 Å². The fraction of sp³-hybridized carbons (Fsp3) is 0.125. The van der Waals surface area contributed by atoms with Crippen LogP contribution < -0.4 is 10.2 Å². The van der Waals surface area contributed by atoms with Crippen LogP contribution in [0.4, 0.5) is 0 Å². The van der Waals surface area contributed by atoms with E-state index in [1.165, 1.54) is 18.3 Å². The van der Waals surface area contributed by atoms with Gasteiger partial charge in [-0.25, -0.2) is 5.43 Å². The fourth-order valence-corrected chi connectivity index (χ4v) is 4.42. The zero-order chi connectivity index (χ0) is 18.6. The summed E-state index contributed by atoms with van der Waals surface area (Å²) in [5.41, 5.74) is 3.33. The molecule has 2 rings (SSSR count). The van der Waals surface area contributed by atoms with Crippen molar-refractivity contribution in [2.24, 2.45) is 5.10 Å². The molecule has 0 aliphatic carbocycles. The molecular weight excluding hydrogens is 524 g/mol. The van der Waals surface area contributed by atoms with Gasteiger partial charge in [0.15, 0.2) is 6.61 Å². The quantitative estimate of drug-likeness (QED) is 0.394. The first-order chi connectivity index (χ1) is 11.8. The van der Waals surface area contributed by atoms with Gasteiger partial charge in [0.2, 0.25) is 0 Å². The molecule has 0 radical (unpaired) electrons. The van der Waals surface area contributed by atoms with Crippen LogP contribution in [0.3, 0.4) is 0 Å². The molecule has 0 bridgehead atoms. The van der Waals surface area contributed by atoms with Crippen LogP contribution in [0.2, 0.25) is 0 Å². The lowest BCUT2D eigenvalue weighted by Crippen LogP contribution is -2.24. The number of carbonyl (C=O) groups is 1. The van der Waals surface area contributed by atoms with Crippen molar-refractivity contribution in [3.8, 4) is 17.2 Å². The van der Waals surface area contributed by atoms with Gasteiger partial charge < -0.3 is 14.9 Å². The summed E-state index contributed by atoms with van der Waals surface area (Å²) in [7, 11) is 0. The number of hydrogen-bond acceptors (Lipinski definition) is 5. The number of aryl methyl sites for hydroxylation is 1. The van der Waals surface area contributed by atoms with Crippen LogP contribution in [-0.4, -0.2) is 28.9 Å². The molecule has 2 aromatic rings. The van der Waals surface area contributed by atoms with Gasteiger partial charge in [-0.05, 0) is 62.5 Å². The van der Waals surface area contributed by atoms with E-state index in [1.807, 2.05) is 0 Å². The third-order valence-corrected chi connectivity index (χ3v) is 4.68. The van der Waals surface area contributed by atoms with E-state index in [4.69, 9.17) is 4.74 Å². The summed E-state index contributed by atoms with van der Waals surface area (Å²) >= 11 is 10.1. The SMILES string of the molecule is Cc1cc(O)cc(O)c1C=NNC(=O)COc1c(Br)cc(Br)cc1Br. The number of ether oxygens (including phenoxy) is 1. The number of rotatable bonds is 5. The minimum atomic E-state index is -0.464. The molecule has 25 heavy (non-hydrogen) atoms. The first-order valence-electron chi connectivity index (χ1n) is 6.89. The summed E-state index contributed by atoms with van der Waals surface area (Å²) in [4.78, 5) is 11.8. The molecule has 0 heterocycles. The number of nitrogens with zero attached hydrogens (tertiary/aromatic N) is 1. The Labute approximate surface area is 169 Å². The number of hydrogen-bond donors (Lipinski definition) is 3. The lowest BCUT2D eigenvalue weighted by Gasteiger charge is -2.10. The molecule has 6 nitrogen and oxygen atoms in total. The Bertz CT molecular complexity index is 794. The summed E-state index contributed by atoms with van der Waals surface area (Å²) in [5.74, 6) is -0.145. The van der Waals surface area contributed by atoms with E-state index in [2.05, 4.69) is 58.3 Å². The number of hydrazone groups is 1. The summed E-state index contributed by atoms with van der Waals surface area (Å²) in [5, 5.41) is 22.9. The number of phenols is 2. The molecule has 0 aromatic heterocycles. The van der Waals surface area contributed by atoms with Crippen molar-refractivity contribution >= 4 is 59.9 Å². The highest BCUT2D eigenvalue weighted by molar-refractivity contribution is 9.11. The molecule has 0 saturated carbocycles. The zero-order valence-corrected chi connectivity index (χ0v) is 17.6. The molecule has 0 unspecified atom stereocenters. The van der Waals surface area contributed by atoms with Gasteiger partial charge >= 0.3 is 0 Å². The largest absolute Gasteiger partial charge is 0.508 e. The van der Waals surface area contributed by atoms with Gasteiger partial charge in [0.05, 0.1) is 15.2 Å². The highest BCUT2D eigenvalue weighted by Crippen LogP contribution is 2.36. The number of carbonyl (C=O) groups excluding carboxylic acids is 1. The van der Waals surface area contributed by atoms with Crippen molar-refractivity contribution in [3.05, 3.63) is 48.8 Å². The normalized spacial score (nSPS) is 10.9. The topological polar surface area (TPSA) is 91.1 Å². The highest BCUT2D eigenvalue weighted by Gasteiger charge is 2.10. The first kappa shape index (κ1) is 19.7. The Morgan fingerprint density at radius 2 is 1.84 bits per heavy atom. The maximum atomic E-state index is 11.8. The summed E-state index contributed by atoms with van der Waals surface area (Å²) in [6, 6.07) is 6.27. The van der Waals surface area contributed by atoms with Gasteiger partial charge in [0.25, 0.3) is 5.91 Å². The second-order valence-electron chi connectivity index (χ2n) is 4.98. The second-order valence-corrected chi connectivity index (χ2v) is 7.60. The molecule has 3 N–H and O–H groups in total. The first-order valence-corrected chi connectivity index (χ1v) is 9.27. The van der Waals surface area contributed by atoms with Crippen LogP contribution in [0.1, 0.15) is 11.1 Å². The molecule has 0 aliphatic heterocycles. The summed E-state index contributed by atoms with van der Waals surface area (Å²) < 4.78 is 7.70. The van der Waals surface area contributed by atoms with E-state index >= 15 is 0 Å².